The lowest BCUT2D eigenvalue weighted by Crippen LogP contribution is -2.19. The first kappa shape index (κ1) is 10.8. The number of nitrogens with two attached hydrogens (primary N) is 1. The van der Waals surface area contributed by atoms with Crippen molar-refractivity contribution in [3.8, 4) is 0 Å². The number of aliphatic hydroxyl groups is 1. The van der Waals surface area contributed by atoms with Crippen LogP contribution in [-0.4, -0.2) is 27.5 Å². The lowest BCUT2D eigenvalue weighted by molar-refractivity contribution is 0.208. The van der Waals surface area contributed by atoms with Gasteiger partial charge in [-0.15, -0.1) is 0 Å². The first-order valence-electron chi connectivity index (χ1n) is 4.77. The molecule has 0 saturated heterocycles. The van der Waals surface area contributed by atoms with Crippen LogP contribution in [0, 0.1) is 0 Å². The highest BCUT2D eigenvalue weighted by molar-refractivity contribution is 5.60. The maximum Gasteiger partial charge on any atom is 0.148 e. The van der Waals surface area contributed by atoms with Gasteiger partial charge in [0.05, 0.1) is 18.0 Å². The van der Waals surface area contributed by atoms with Crippen molar-refractivity contribution in [2.75, 3.05) is 17.6 Å². The normalized spacial score (nSPS) is 13.2. The Morgan fingerprint density at radius 3 is 2.71 bits per heavy atom. The summed E-state index contributed by atoms with van der Waals surface area (Å²) in [7, 11) is 0. The Morgan fingerprint density at radius 2 is 2.21 bits per heavy atom. The number of aliphatic hydroxyl groups excluding tert-OH is 1. The zero-order chi connectivity index (χ0) is 10.7. The van der Waals surface area contributed by atoms with Crippen LogP contribution in [0.15, 0.2) is 6.20 Å². The number of aromatic nitrogens is 2. The van der Waals surface area contributed by atoms with E-state index in [-0.39, 0.29) is 6.04 Å². The third-order valence-corrected chi connectivity index (χ3v) is 1.88. The summed E-state index contributed by atoms with van der Waals surface area (Å²) in [5, 5.41) is 16.3. The fourth-order valence-electron chi connectivity index (χ4n) is 1.19. The van der Waals surface area contributed by atoms with E-state index in [1.807, 2.05) is 13.8 Å². The van der Waals surface area contributed by atoms with Crippen LogP contribution in [-0.2, 0) is 0 Å². The summed E-state index contributed by atoms with van der Waals surface area (Å²) in [5.41, 5.74) is 6.35. The molecule has 0 amide bonds. The maximum atomic E-state index is 9.14. The third-order valence-electron chi connectivity index (χ3n) is 1.88. The minimum absolute atomic E-state index is 0.254. The van der Waals surface area contributed by atoms with Crippen LogP contribution >= 0.6 is 0 Å². The van der Waals surface area contributed by atoms with Gasteiger partial charge in [0.25, 0.3) is 0 Å². The quantitative estimate of drug-likeness (QED) is 0.670. The second kappa shape index (κ2) is 4.32. The molecule has 0 aliphatic carbocycles. The fraction of sp³-hybridized carbons (Fsp3) is 0.667. The summed E-state index contributed by atoms with van der Waals surface area (Å²) in [4.78, 5) is 0. The minimum Gasteiger partial charge on any atom is -0.394 e. The van der Waals surface area contributed by atoms with Crippen LogP contribution in [0.3, 0.4) is 0 Å². The second-order valence-electron chi connectivity index (χ2n) is 3.72. The van der Waals surface area contributed by atoms with Crippen molar-refractivity contribution in [1.29, 1.82) is 0 Å². The summed E-state index contributed by atoms with van der Waals surface area (Å²) < 4.78 is 1.80. The summed E-state index contributed by atoms with van der Waals surface area (Å²) in [6, 6.07) is 0.254. The highest BCUT2D eigenvalue weighted by Crippen LogP contribution is 2.21. The van der Waals surface area contributed by atoms with Crippen molar-refractivity contribution in [2.24, 2.45) is 0 Å². The van der Waals surface area contributed by atoms with Gasteiger partial charge in [0, 0.05) is 12.6 Å². The highest BCUT2D eigenvalue weighted by atomic mass is 16.3. The van der Waals surface area contributed by atoms with E-state index in [1.54, 1.807) is 17.8 Å². The lowest BCUT2D eigenvalue weighted by atomic mass is 10.3. The molecular weight excluding hydrogens is 180 g/mol. The van der Waals surface area contributed by atoms with Gasteiger partial charge in [0.15, 0.2) is 0 Å². The molecule has 80 valence electrons. The van der Waals surface area contributed by atoms with Crippen LogP contribution in [0.2, 0.25) is 0 Å². The Kier molecular flexibility index (Phi) is 3.35. The summed E-state index contributed by atoms with van der Waals surface area (Å²) >= 11 is 0. The minimum atomic E-state index is -0.398. The fourth-order valence-corrected chi connectivity index (χ4v) is 1.19. The molecule has 1 aromatic heterocycles. The van der Waals surface area contributed by atoms with E-state index >= 15 is 0 Å². The Balaban J connectivity index is 2.77. The highest BCUT2D eigenvalue weighted by Gasteiger charge is 2.10. The molecule has 5 nitrogen and oxygen atoms in total. The van der Waals surface area contributed by atoms with E-state index in [0.717, 1.165) is 5.82 Å². The molecule has 1 atom stereocenters. The number of anilines is 2. The van der Waals surface area contributed by atoms with Crippen LogP contribution in [0.5, 0.6) is 0 Å². The van der Waals surface area contributed by atoms with Crippen molar-refractivity contribution in [3.63, 3.8) is 0 Å². The van der Waals surface area contributed by atoms with Gasteiger partial charge in [-0.25, -0.2) is 4.68 Å². The van der Waals surface area contributed by atoms with Gasteiger partial charge in [0.1, 0.15) is 5.82 Å². The van der Waals surface area contributed by atoms with Crippen molar-refractivity contribution in [3.05, 3.63) is 6.20 Å². The first-order chi connectivity index (χ1) is 6.52. The molecule has 1 rings (SSSR count). The first-order valence-corrected chi connectivity index (χ1v) is 4.77. The van der Waals surface area contributed by atoms with Gasteiger partial charge in [-0.3, -0.25) is 0 Å². The van der Waals surface area contributed by atoms with Crippen molar-refractivity contribution in [2.45, 2.75) is 32.9 Å². The largest absolute Gasteiger partial charge is 0.394 e. The number of nitrogens with one attached hydrogen (secondary N) is 1. The summed E-state index contributed by atoms with van der Waals surface area (Å²) in [6.45, 7) is 6.25. The van der Waals surface area contributed by atoms with Gasteiger partial charge in [-0.1, -0.05) is 0 Å². The number of rotatable bonds is 4. The smallest absolute Gasteiger partial charge is 0.148 e. The molecule has 1 heterocycles. The molecule has 0 bridgehead atoms. The molecule has 0 aliphatic rings. The van der Waals surface area contributed by atoms with Gasteiger partial charge in [-0.05, 0) is 20.8 Å². The molecular formula is C9H18N4O. The SMILES string of the molecule is CC(O)CNc1c(N)cnn1C(C)C. The Bertz CT molecular complexity index is 293. The average Bonchev–Trinajstić information content (AvgIpc) is 2.43. The predicted octanol–water partition coefficient (Wildman–Crippen LogP) is 0.839. The van der Waals surface area contributed by atoms with E-state index < -0.39 is 6.10 Å². The van der Waals surface area contributed by atoms with Crippen molar-refractivity contribution < 1.29 is 5.11 Å². The van der Waals surface area contributed by atoms with Gasteiger partial charge < -0.3 is 16.2 Å². The predicted molar refractivity (Wildman–Crippen MR) is 57.2 cm³/mol. The standard InChI is InChI=1S/C9H18N4O/c1-6(2)13-9(8(10)5-12-13)11-4-7(3)14/h5-7,11,14H,4,10H2,1-3H3. The molecule has 0 spiro atoms. The van der Waals surface area contributed by atoms with Crippen LogP contribution in [0.4, 0.5) is 11.5 Å². The molecule has 0 aliphatic heterocycles. The molecule has 0 fully saturated rings. The molecule has 1 unspecified atom stereocenters. The number of nitrogen functional groups attached to an aromatic ring is 1. The average molecular weight is 198 g/mol. The van der Waals surface area contributed by atoms with Crippen molar-refractivity contribution >= 4 is 11.5 Å². The number of hydrogen-bond donors (Lipinski definition) is 3. The Hall–Kier alpha value is -1.23. The monoisotopic (exact) mass is 198 g/mol. The van der Waals surface area contributed by atoms with Crippen LogP contribution < -0.4 is 11.1 Å². The zero-order valence-corrected chi connectivity index (χ0v) is 8.86. The van der Waals surface area contributed by atoms with Gasteiger partial charge >= 0.3 is 0 Å². The van der Waals surface area contributed by atoms with E-state index in [1.165, 1.54) is 0 Å². The molecule has 4 N–H and O–H groups in total. The van der Waals surface area contributed by atoms with Crippen LogP contribution in [0.1, 0.15) is 26.8 Å². The topological polar surface area (TPSA) is 76.1 Å². The molecule has 0 radical (unpaired) electrons. The van der Waals surface area contributed by atoms with Gasteiger partial charge in [-0.2, -0.15) is 5.10 Å². The third kappa shape index (κ3) is 2.38. The molecule has 14 heavy (non-hydrogen) atoms. The second-order valence-corrected chi connectivity index (χ2v) is 3.72. The van der Waals surface area contributed by atoms with E-state index in [2.05, 4.69) is 10.4 Å². The molecule has 5 heteroatoms. The Morgan fingerprint density at radius 1 is 1.57 bits per heavy atom. The number of nitrogens with zero attached hydrogens (tertiary/aromatic N) is 2. The molecule has 0 aromatic carbocycles. The van der Waals surface area contributed by atoms with Gasteiger partial charge in [0.2, 0.25) is 0 Å². The van der Waals surface area contributed by atoms with Crippen LogP contribution in [0.25, 0.3) is 0 Å². The Labute approximate surface area is 83.9 Å². The summed E-state index contributed by atoms with van der Waals surface area (Å²) in [6.07, 6.45) is 1.22. The number of hydrogen-bond acceptors (Lipinski definition) is 4. The summed E-state index contributed by atoms with van der Waals surface area (Å²) in [5.74, 6) is 0.779. The lowest BCUT2D eigenvalue weighted by Gasteiger charge is -2.14. The molecule has 0 saturated carbocycles. The van der Waals surface area contributed by atoms with E-state index in [0.29, 0.717) is 12.2 Å². The molecule has 1 aromatic rings. The van der Waals surface area contributed by atoms with E-state index in [9.17, 15) is 0 Å². The zero-order valence-electron chi connectivity index (χ0n) is 8.86. The van der Waals surface area contributed by atoms with Crippen molar-refractivity contribution in [1.82, 2.24) is 9.78 Å². The maximum absolute atomic E-state index is 9.14. The van der Waals surface area contributed by atoms with E-state index in [4.69, 9.17) is 10.8 Å².